The molecule has 0 heterocycles. The summed E-state index contributed by atoms with van der Waals surface area (Å²) in [7, 11) is 0. The summed E-state index contributed by atoms with van der Waals surface area (Å²) < 4.78 is 0. The molecule has 0 N–H and O–H groups in total. The van der Waals surface area contributed by atoms with Gasteiger partial charge in [-0.2, -0.15) is 5.26 Å². The summed E-state index contributed by atoms with van der Waals surface area (Å²) >= 11 is 0. The minimum atomic E-state index is 0.480. The zero-order valence-electron chi connectivity index (χ0n) is 13.6. The van der Waals surface area contributed by atoms with Crippen LogP contribution in [0.4, 0.5) is 0 Å². The molecular weight excluding hydrogens is 230 g/mol. The molecule has 1 unspecified atom stereocenters. The lowest BCUT2D eigenvalue weighted by molar-refractivity contribution is 0.776. The first kappa shape index (κ1) is 19.8. The number of benzene rings is 1. The van der Waals surface area contributed by atoms with Crippen LogP contribution in [0.25, 0.3) is 0 Å². The first-order valence-electron chi connectivity index (χ1n) is 7.27. The molecule has 0 saturated heterocycles. The monoisotopic (exact) mass is 259 g/mol. The maximum atomic E-state index is 8.80. The smallest absolute Gasteiger partial charge is 0.0991 e. The van der Waals surface area contributed by atoms with Gasteiger partial charge in [0.15, 0.2) is 0 Å². The van der Waals surface area contributed by atoms with Crippen LogP contribution in [0, 0.1) is 11.3 Å². The van der Waals surface area contributed by atoms with Crippen molar-refractivity contribution >= 4 is 0 Å². The van der Waals surface area contributed by atoms with Crippen molar-refractivity contribution in [2.75, 3.05) is 0 Å². The largest absolute Gasteiger partial charge is 0.192 e. The van der Waals surface area contributed by atoms with Gasteiger partial charge in [-0.1, -0.05) is 58.4 Å². The predicted molar refractivity (Wildman–Crippen MR) is 86.3 cm³/mol. The molecule has 1 atom stereocenters. The number of rotatable bonds is 3. The third-order valence-corrected chi connectivity index (χ3v) is 2.46. The Balaban J connectivity index is 0. The van der Waals surface area contributed by atoms with E-state index in [1.54, 1.807) is 0 Å². The summed E-state index contributed by atoms with van der Waals surface area (Å²) in [6.07, 6.45) is 3.28. The molecule has 1 aromatic rings. The third kappa shape index (κ3) is 9.08. The van der Waals surface area contributed by atoms with E-state index in [1.807, 2.05) is 45.9 Å². The Bertz CT molecular complexity index is 392. The average Bonchev–Trinajstić information content (AvgIpc) is 2.49. The van der Waals surface area contributed by atoms with Crippen molar-refractivity contribution in [3.8, 4) is 6.07 Å². The van der Waals surface area contributed by atoms with E-state index in [1.165, 1.54) is 11.1 Å². The maximum Gasteiger partial charge on any atom is 0.0991 e. The molecular formula is C18H29N. The summed E-state index contributed by atoms with van der Waals surface area (Å²) in [5, 5.41) is 8.80. The van der Waals surface area contributed by atoms with Gasteiger partial charge in [0.25, 0.3) is 0 Å². The second kappa shape index (κ2) is 12.9. The molecule has 1 aromatic carbocycles. The van der Waals surface area contributed by atoms with Crippen molar-refractivity contribution in [1.29, 1.82) is 5.26 Å². The van der Waals surface area contributed by atoms with E-state index in [0.29, 0.717) is 5.92 Å². The van der Waals surface area contributed by atoms with E-state index in [0.717, 1.165) is 12.0 Å². The molecule has 0 aliphatic carbocycles. The summed E-state index contributed by atoms with van der Waals surface area (Å²) in [6, 6.07) is 10.0. The quantitative estimate of drug-likeness (QED) is 0.604. The summed E-state index contributed by atoms with van der Waals surface area (Å²) in [4.78, 5) is 0. The van der Waals surface area contributed by atoms with Crippen LogP contribution in [-0.2, 0) is 0 Å². The molecule has 0 aromatic heterocycles. The number of allylic oxidation sites excluding steroid dienone is 2. The zero-order valence-corrected chi connectivity index (χ0v) is 13.6. The van der Waals surface area contributed by atoms with E-state index in [4.69, 9.17) is 5.26 Å². The average molecular weight is 259 g/mol. The first-order chi connectivity index (χ1) is 9.13. The van der Waals surface area contributed by atoms with E-state index < -0.39 is 0 Å². The minimum absolute atomic E-state index is 0.480. The van der Waals surface area contributed by atoms with Gasteiger partial charge in [-0.3, -0.25) is 0 Å². The van der Waals surface area contributed by atoms with Gasteiger partial charge in [-0.15, -0.1) is 0 Å². The van der Waals surface area contributed by atoms with Crippen LogP contribution in [0.1, 0.15) is 71.9 Å². The van der Waals surface area contributed by atoms with E-state index in [-0.39, 0.29) is 0 Å². The number of hydrogen-bond donors (Lipinski definition) is 0. The highest BCUT2D eigenvalue weighted by Crippen LogP contribution is 2.20. The Morgan fingerprint density at radius 1 is 1.21 bits per heavy atom. The highest BCUT2D eigenvalue weighted by molar-refractivity contribution is 5.34. The van der Waals surface area contributed by atoms with Crippen molar-refractivity contribution < 1.29 is 0 Å². The maximum absolute atomic E-state index is 8.80. The second-order valence-corrected chi connectivity index (χ2v) is 4.16. The Kier molecular flexibility index (Phi) is 13.4. The molecule has 19 heavy (non-hydrogen) atoms. The van der Waals surface area contributed by atoms with Gasteiger partial charge in [0.05, 0.1) is 11.6 Å². The van der Waals surface area contributed by atoms with Crippen LogP contribution in [0.3, 0.4) is 0 Å². The lowest BCUT2D eigenvalue weighted by Crippen LogP contribution is -1.92. The van der Waals surface area contributed by atoms with Gasteiger partial charge in [-0.25, -0.2) is 0 Å². The topological polar surface area (TPSA) is 23.8 Å². The predicted octanol–water partition coefficient (Wildman–Crippen LogP) is 6.07. The standard InChI is InChI=1S/C14H17N.2C2H6/c1-11(2)7-8-12(3)14-6-4-5-13(9-14)10-15;2*1-2/h4-7,9,12H,8H2,1-3H3;2*1-2H3. The van der Waals surface area contributed by atoms with E-state index in [9.17, 15) is 0 Å². The Hall–Kier alpha value is -1.55. The molecule has 0 amide bonds. The van der Waals surface area contributed by atoms with Crippen molar-refractivity contribution in [1.82, 2.24) is 0 Å². The number of hydrogen-bond acceptors (Lipinski definition) is 1. The molecule has 0 aliphatic heterocycles. The fraction of sp³-hybridized carbons (Fsp3) is 0.500. The van der Waals surface area contributed by atoms with Crippen molar-refractivity contribution in [2.24, 2.45) is 0 Å². The van der Waals surface area contributed by atoms with Gasteiger partial charge in [0.1, 0.15) is 0 Å². The highest BCUT2D eigenvalue weighted by Gasteiger charge is 2.04. The third-order valence-electron chi connectivity index (χ3n) is 2.46. The van der Waals surface area contributed by atoms with Crippen molar-refractivity contribution in [3.05, 3.63) is 47.0 Å². The first-order valence-corrected chi connectivity index (χ1v) is 7.27. The molecule has 0 spiro atoms. The van der Waals surface area contributed by atoms with Crippen LogP contribution >= 0.6 is 0 Å². The highest BCUT2D eigenvalue weighted by atomic mass is 14.2. The van der Waals surface area contributed by atoms with Crippen LogP contribution in [0.2, 0.25) is 0 Å². The lowest BCUT2D eigenvalue weighted by atomic mass is 9.95. The van der Waals surface area contributed by atoms with Crippen LogP contribution < -0.4 is 0 Å². The van der Waals surface area contributed by atoms with E-state index in [2.05, 4.69) is 39.0 Å². The lowest BCUT2D eigenvalue weighted by Gasteiger charge is -2.09. The molecule has 1 heteroatoms. The van der Waals surface area contributed by atoms with E-state index >= 15 is 0 Å². The molecule has 0 radical (unpaired) electrons. The Morgan fingerprint density at radius 3 is 2.26 bits per heavy atom. The minimum Gasteiger partial charge on any atom is -0.192 e. The summed E-state index contributed by atoms with van der Waals surface area (Å²) in [5.74, 6) is 0.480. The molecule has 1 nitrogen and oxygen atoms in total. The zero-order chi connectivity index (χ0) is 15.3. The van der Waals surface area contributed by atoms with Gasteiger partial charge >= 0.3 is 0 Å². The number of nitrogens with zero attached hydrogens (tertiary/aromatic N) is 1. The normalized spacial score (nSPS) is 9.79. The van der Waals surface area contributed by atoms with Gasteiger partial charge in [0, 0.05) is 0 Å². The molecule has 1 rings (SSSR count). The SMILES string of the molecule is CC.CC.CC(C)=CCC(C)c1cccc(C#N)c1. The van der Waals surface area contributed by atoms with Gasteiger partial charge < -0.3 is 0 Å². The fourth-order valence-electron chi connectivity index (χ4n) is 1.46. The molecule has 0 aliphatic rings. The summed E-state index contributed by atoms with van der Waals surface area (Å²) in [5.41, 5.74) is 3.33. The molecule has 0 bridgehead atoms. The van der Waals surface area contributed by atoms with Crippen LogP contribution in [-0.4, -0.2) is 0 Å². The second-order valence-electron chi connectivity index (χ2n) is 4.16. The number of nitriles is 1. The van der Waals surface area contributed by atoms with Crippen molar-refractivity contribution in [3.63, 3.8) is 0 Å². The fourth-order valence-corrected chi connectivity index (χ4v) is 1.46. The van der Waals surface area contributed by atoms with Crippen LogP contribution in [0.5, 0.6) is 0 Å². The van der Waals surface area contributed by atoms with Crippen LogP contribution in [0.15, 0.2) is 35.9 Å². The van der Waals surface area contributed by atoms with Crippen molar-refractivity contribution in [2.45, 2.75) is 60.8 Å². The summed E-state index contributed by atoms with van der Waals surface area (Å²) in [6.45, 7) is 14.4. The Labute approximate surface area is 120 Å². The molecule has 0 fully saturated rings. The van der Waals surface area contributed by atoms with Gasteiger partial charge in [0.2, 0.25) is 0 Å². The molecule has 0 saturated carbocycles. The Morgan fingerprint density at radius 2 is 1.79 bits per heavy atom. The van der Waals surface area contributed by atoms with Gasteiger partial charge in [-0.05, 0) is 43.9 Å². The molecule has 106 valence electrons.